The number of thiophene rings is 1. The van der Waals surface area contributed by atoms with Crippen LogP contribution in [0.4, 0.5) is 10.3 Å². The number of halogens is 1. The molecule has 2 aromatic heterocycles. The van der Waals surface area contributed by atoms with Crippen molar-refractivity contribution < 1.29 is 4.79 Å². The highest BCUT2D eigenvalue weighted by Gasteiger charge is 2.13. The first-order valence-corrected chi connectivity index (χ1v) is 6.29. The summed E-state index contributed by atoms with van der Waals surface area (Å²) in [6.07, 6.45) is 0. The van der Waals surface area contributed by atoms with E-state index in [1.165, 1.54) is 11.3 Å². The molecule has 0 aliphatic heterocycles. The van der Waals surface area contributed by atoms with Crippen molar-refractivity contribution in [2.24, 2.45) is 0 Å². The molecular formula is C7H5BrN4OS2. The third-order valence-corrected chi connectivity index (χ3v) is 3.99. The van der Waals surface area contributed by atoms with Gasteiger partial charge in [-0.1, -0.05) is 11.3 Å². The van der Waals surface area contributed by atoms with Crippen LogP contribution in [-0.4, -0.2) is 16.1 Å². The van der Waals surface area contributed by atoms with Gasteiger partial charge in [-0.05, 0) is 27.4 Å². The summed E-state index contributed by atoms with van der Waals surface area (Å²) in [6, 6.07) is 1.81. The van der Waals surface area contributed by atoms with Gasteiger partial charge >= 0.3 is 0 Å². The molecule has 0 aliphatic rings. The van der Waals surface area contributed by atoms with Crippen LogP contribution in [0.3, 0.4) is 0 Å². The smallest absolute Gasteiger partial charge is 0.268 e. The first kappa shape index (κ1) is 10.5. The van der Waals surface area contributed by atoms with Crippen LogP contribution >= 0.6 is 38.6 Å². The van der Waals surface area contributed by atoms with E-state index in [2.05, 4.69) is 31.4 Å². The Balaban J connectivity index is 2.14. The minimum Gasteiger partial charge on any atom is -0.374 e. The largest absolute Gasteiger partial charge is 0.374 e. The summed E-state index contributed by atoms with van der Waals surface area (Å²) in [7, 11) is 0. The van der Waals surface area contributed by atoms with Gasteiger partial charge in [0.05, 0.1) is 0 Å². The summed E-state index contributed by atoms with van der Waals surface area (Å²) < 4.78 is 0.766. The number of amides is 1. The van der Waals surface area contributed by atoms with E-state index in [-0.39, 0.29) is 5.91 Å². The normalized spacial score (nSPS) is 10.2. The number of nitrogens with one attached hydrogen (secondary N) is 1. The third kappa shape index (κ3) is 2.33. The quantitative estimate of drug-likeness (QED) is 0.891. The lowest BCUT2D eigenvalue weighted by Gasteiger charge is -1.97. The number of nitrogens with zero attached hydrogens (tertiary/aromatic N) is 2. The molecule has 2 rings (SSSR count). The second kappa shape index (κ2) is 4.25. The molecule has 0 atom stereocenters. The van der Waals surface area contributed by atoms with Gasteiger partial charge < -0.3 is 5.73 Å². The van der Waals surface area contributed by atoms with Gasteiger partial charge in [-0.2, -0.15) is 0 Å². The van der Waals surface area contributed by atoms with Crippen molar-refractivity contribution in [3.63, 3.8) is 0 Å². The summed E-state index contributed by atoms with van der Waals surface area (Å²) in [6.45, 7) is 0. The molecule has 0 saturated carbocycles. The second-order valence-corrected chi connectivity index (χ2v) is 5.28. The summed E-state index contributed by atoms with van der Waals surface area (Å²) >= 11 is 5.76. The molecule has 5 nitrogen and oxygen atoms in total. The lowest BCUT2D eigenvalue weighted by molar-refractivity contribution is 0.103. The fraction of sp³-hybridized carbons (Fsp3) is 0. The standard InChI is InChI=1S/C7H5BrN4OS2/c8-3-1-2-14-4(3)5(13)10-7-12-11-6(9)15-7/h1-2H,(H2,9,11)(H,10,12,13). The van der Waals surface area contributed by atoms with Crippen molar-refractivity contribution in [2.45, 2.75) is 0 Å². The van der Waals surface area contributed by atoms with Gasteiger partial charge in [0, 0.05) is 4.47 Å². The molecule has 2 aromatic rings. The fourth-order valence-electron chi connectivity index (χ4n) is 0.895. The average molecular weight is 305 g/mol. The monoisotopic (exact) mass is 304 g/mol. The molecule has 15 heavy (non-hydrogen) atoms. The molecule has 0 fully saturated rings. The van der Waals surface area contributed by atoms with E-state index in [1.807, 2.05) is 11.4 Å². The maximum atomic E-state index is 11.7. The van der Waals surface area contributed by atoms with Crippen molar-refractivity contribution >= 4 is 54.8 Å². The molecule has 0 saturated heterocycles. The number of hydrogen-bond donors (Lipinski definition) is 2. The van der Waals surface area contributed by atoms with Crippen LogP contribution in [0.2, 0.25) is 0 Å². The molecular weight excluding hydrogens is 300 g/mol. The van der Waals surface area contributed by atoms with E-state index < -0.39 is 0 Å². The first-order valence-electron chi connectivity index (χ1n) is 3.80. The summed E-state index contributed by atoms with van der Waals surface area (Å²) in [5, 5.41) is 12.5. The van der Waals surface area contributed by atoms with Gasteiger partial charge in [0.25, 0.3) is 5.91 Å². The molecule has 0 radical (unpaired) electrons. The fourth-order valence-corrected chi connectivity index (χ4v) is 2.85. The van der Waals surface area contributed by atoms with Crippen molar-refractivity contribution in [1.82, 2.24) is 10.2 Å². The molecule has 0 aromatic carbocycles. The molecule has 0 spiro atoms. The van der Waals surface area contributed by atoms with E-state index in [0.717, 1.165) is 15.8 Å². The van der Waals surface area contributed by atoms with E-state index in [1.54, 1.807) is 0 Å². The van der Waals surface area contributed by atoms with Crippen LogP contribution in [0, 0.1) is 0 Å². The Morgan fingerprint density at radius 2 is 2.33 bits per heavy atom. The molecule has 3 N–H and O–H groups in total. The second-order valence-electron chi connectivity index (χ2n) is 2.50. The van der Waals surface area contributed by atoms with Crippen LogP contribution < -0.4 is 11.1 Å². The number of aromatic nitrogens is 2. The Kier molecular flexibility index (Phi) is 2.98. The van der Waals surface area contributed by atoms with E-state index in [0.29, 0.717) is 15.1 Å². The van der Waals surface area contributed by atoms with Crippen LogP contribution in [0.5, 0.6) is 0 Å². The van der Waals surface area contributed by atoms with Crippen molar-refractivity contribution in [2.75, 3.05) is 11.1 Å². The van der Waals surface area contributed by atoms with Crippen LogP contribution in [0.1, 0.15) is 9.67 Å². The topological polar surface area (TPSA) is 80.9 Å². The number of carbonyl (C=O) groups is 1. The minimum absolute atomic E-state index is 0.215. The zero-order valence-corrected chi connectivity index (χ0v) is 10.4. The number of nitrogens with two attached hydrogens (primary N) is 1. The Bertz CT molecular complexity index is 495. The van der Waals surface area contributed by atoms with Crippen LogP contribution in [0.25, 0.3) is 0 Å². The predicted molar refractivity (Wildman–Crippen MR) is 64.3 cm³/mol. The number of nitrogen functional groups attached to an aromatic ring is 1. The van der Waals surface area contributed by atoms with E-state index in [9.17, 15) is 4.79 Å². The zero-order valence-electron chi connectivity index (χ0n) is 7.23. The molecule has 0 aliphatic carbocycles. The van der Waals surface area contributed by atoms with Gasteiger partial charge in [-0.15, -0.1) is 21.5 Å². The van der Waals surface area contributed by atoms with Crippen molar-refractivity contribution in [3.05, 3.63) is 20.8 Å². The minimum atomic E-state index is -0.215. The highest BCUT2D eigenvalue weighted by Crippen LogP contribution is 2.24. The summed E-state index contributed by atoms with van der Waals surface area (Å²) in [5.41, 5.74) is 5.39. The summed E-state index contributed by atoms with van der Waals surface area (Å²) in [5.74, 6) is -0.215. The third-order valence-electron chi connectivity index (χ3n) is 1.48. The highest BCUT2D eigenvalue weighted by atomic mass is 79.9. The molecule has 0 bridgehead atoms. The zero-order chi connectivity index (χ0) is 10.8. The molecule has 2 heterocycles. The highest BCUT2D eigenvalue weighted by molar-refractivity contribution is 9.10. The average Bonchev–Trinajstić information content (AvgIpc) is 2.75. The number of rotatable bonds is 2. The Hall–Kier alpha value is -0.990. The maximum Gasteiger partial charge on any atom is 0.268 e. The molecule has 78 valence electrons. The molecule has 8 heteroatoms. The summed E-state index contributed by atoms with van der Waals surface area (Å²) in [4.78, 5) is 12.3. The lowest BCUT2D eigenvalue weighted by atomic mass is 10.4. The van der Waals surface area contributed by atoms with Crippen LogP contribution in [-0.2, 0) is 0 Å². The van der Waals surface area contributed by atoms with Gasteiger partial charge in [0.15, 0.2) is 0 Å². The number of anilines is 2. The Morgan fingerprint density at radius 1 is 1.53 bits per heavy atom. The predicted octanol–water partition coefficient (Wildman–Crippen LogP) is 2.20. The van der Waals surface area contributed by atoms with Crippen molar-refractivity contribution in [3.8, 4) is 0 Å². The lowest BCUT2D eigenvalue weighted by Crippen LogP contribution is -2.10. The number of carbonyl (C=O) groups excluding carboxylic acids is 1. The molecule has 0 unspecified atom stereocenters. The Labute approximate surface area is 101 Å². The van der Waals surface area contributed by atoms with Gasteiger partial charge in [-0.3, -0.25) is 10.1 Å². The number of hydrogen-bond acceptors (Lipinski definition) is 6. The van der Waals surface area contributed by atoms with Crippen LogP contribution in [0.15, 0.2) is 15.9 Å². The van der Waals surface area contributed by atoms with E-state index in [4.69, 9.17) is 5.73 Å². The molecule has 1 amide bonds. The van der Waals surface area contributed by atoms with Gasteiger partial charge in [-0.25, -0.2) is 0 Å². The first-order chi connectivity index (χ1) is 7.16. The maximum absolute atomic E-state index is 11.7. The Morgan fingerprint density at radius 3 is 2.87 bits per heavy atom. The SMILES string of the molecule is Nc1nnc(NC(=O)c2sccc2Br)s1. The van der Waals surface area contributed by atoms with E-state index >= 15 is 0 Å². The van der Waals surface area contributed by atoms with Gasteiger partial charge in [0.1, 0.15) is 4.88 Å². The van der Waals surface area contributed by atoms with Gasteiger partial charge in [0.2, 0.25) is 10.3 Å². The van der Waals surface area contributed by atoms with Crippen molar-refractivity contribution in [1.29, 1.82) is 0 Å².